The van der Waals surface area contributed by atoms with Crippen molar-refractivity contribution in [2.45, 2.75) is 64.5 Å². The molecule has 1 aromatic heterocycles. The molecule has 0 saturated carbocycles. The fourth-order valence-electron chi connectivity index (χ4n) is 2.78. The van der Waals surface area contributed by atoms with Gasteiger partial charge in [-0.1, -0.05) is 64.0 Å². The van der Waals surface area contributed by atoms with Crippen molar-refractivity contribution < 1.29 is 17.9 Å². The van der Waals surface area contributed by atoms with E-state index in [4.69, 9.17) is 4.74 Å². The zero-order valence-electron chi connectivity index (χ0n) is 15.8. The zero-order chi connectivity index (χ0) is 19.5. The van der Waals surface area contributed by atoms with Crippen LogP contribution in [0.4, 0.5) is 13.2 Å². The Hall–Kier alpha value is -2.11. The number of ether oxygens (including phenoxy) is 1. The molecule has 0 aliphatic heterocycles. The highest BCUT2D eigenvalue weighted by Gasteiger charge is 2.30. The van der Waals surface area contributed by atoms with Crippen LogP contribution in [0.3, 0.4) is 0 Å². The first-order valence-corrected chi connectivity index (χ1v) is 9.63. The lowest BCUT2D eigenvalue weighted by atomic mass is 10.1. The van der Waals surface area contributed by atoms with Gasteiger partial charge in [-0.3, -0.25) is 0 Å². The maximum Gasteiger partial charge on any atom is 0.416 e. The molecular formula is C21H27F3N2O. The highest BCUT2D eigenvalue weighted by molar-refractivity contribution is 5.58. The molecule has 0 fully saturated rings. The first-order chi connectivity index (χ1) is 13.0. The van der Waals surface area contributed by atoms with Crippen LogP contribution in [0.5, 0.6) is 5.88 Å². The summed E-state index contributed by atoms with van der Waals surface area (Å²) in [5.41, 5.74) is 0.429. The Morgan fingerprint density at radius 2 is 1.44 bits per heavy atom. The molecule has 0 aliphatic rings. The summed E-state index contributed by atoms with van der Waals surface area (Å²) in [6.07, 6.45) is 8.56. The minimum absolute atomic E-state index is 0.439. The summed E-state index contributed by atoms with van der Waals surface area (Å²) >= 11 is 0. The molecule has 1 aromatic carbocycles. The van der Waals surface area contributed by atoms with E-state index >= 15 is 0 Å². The number of unbranched alkanes of at least 4 members (excludes halogenated alkanes) is 7. The maximum atomic E-state index is 12.6. The normalized spacial score (nSPS) is 11.6. The van der Waals surface area contributed by atoms with Crippen LogP contribution in [-0.2, 0) is 6.18 Å². The third kappa shape index (κ3) is 7.57. The number of nitrogens with zero attached hydrogens (tertiary/aromatic N) is 2. The second kappa shape index (κ2) is 10.9. The summed E-state index contributed by atoms with van der Waals surface area (Å²) in [6.45, 7) is 2.82. The molecule has 3 nitrogen and oxygen atoms in total. The van der Waals surface area contributed by atoms with E-state index in [1.165, 1.54) is 63.1 Å². The molecule has 2 aromatic rings. The first-order valence-electron chi connectivity index (χ1n) is 9.63. The number of hydrogen-bond donors (Lipinski definition) is 0. The number of rotatable bonds is 11. The minimum atomic E-state index is -4.34. The Labute approximate surface area is 159 Å². The number of hydrogen-bond acceptors (Lipinski definition) is 3. The van der Waals surface area contributed by atoms with Gasteiger partial charge in [-0.2, -0.15) is 13.2 Å². The van der Waals surface area contributed by atoms with E-state index in [2.05, 4.69) is 16.9 Å². The van der Waals surface area contributed by atoms with E-state index in [1.54, 1.807) is 0 Å². The van der Waals surface area contributed by atoms with Crippen molar-refractivity contribution in [2.75, 3.05) is 6.61 Å². The van der Waals surface area contributed by atoms with E-state index < -0.39 is 11.7 Å². The molecule has 0 saturated heterocycles. The van der Waals surface area contributed by atoms with Crippen LogP contribution in [0.15, 0.2) is 36.7 Å². The van der Waals surface area contributed by atoms with Crippen molar-refractivity contribution in [3.8, 4) is 17.1 Å². The van der Waals surface area contributed by atoms with E-state index in [1.807, 2.05) is 0 Å². The summed E-state index contributed by atoms with van der Waals surface area (Å²) in [7, 11) is 0. The Kier molecular flexibility index (Phi) is 8.55. The molecule has 0 amide bonds. The average molecular weight is 380 g/mol. The van der Waals surface area contributed by atoms with Crippen LogP contribution in [0.25, 0.3) is 11.3 Å². The largest absolute Gasteiger partial charge is 0.477 e. The van der Waals surface area contributed by atoms with Gasteiger partial charge in [0, 0.05) is 5.56 Å². The predicted octanol–water partition coefficient (Wildman–Crippen LogP) is 6.68. The Bertz CT molecular complexity index is 655. The van der Waals surface area contributed by atoms with Gasteiger partial charge >= 0.3 is 6.18 Å². The molecule has 0 aliphatic carbocycles. The lowest BCUT2D eigenvalue weighted by Crippen LogP contribution is -2.04. The Morgan fingerprint density at radius 3 is 2.00 bits per heavy atom. The van der Waals surface area contributed by atoms with Crippen LogP contribution in [0, 0.1) is 0 Å². The average Bonchev–Trinajstić information content (AvgIpc) is 2.67. The molecule has 27 heavy (non-hydrogen) atoms. The molecule has 0 N–H and O–H groups in total. The maximum absolute atomic E-state index is 12.6. The lowest BCUT2D eigenvalue weighted by Gasteiger charge is -2.08. The lowest BCUT2D eigenvalue weighted by molar-refractivity contribution is -0.137. The van der Waals surface area contributed by atoms with Crippen molar-refractivity contribution in [3.05, 3.63) is 42.2 Å². The molecule has 0 radical (unpaired) electrons. The van der Waals surface area contributed by atoms with Gasteiger partial charge in [-0.05, 0) is 18.6 Å². The summed E-state index contributed by atoms with van der Waals surface area (Å²) in [5, 5.41) is 0. The highest BCUT2D eigenvalue weighted by atomic mass is 19.4. The van der Waals surface area contributed by atoms with Crippen molar-refractivity contribution in [1.82, 2.24) is 9.97 Å². The monoisotopic (exact) mass is 380 g/mol. The molecule has 0 bridgehead atoms. The van der Waals surface area contributed by atoms with Crippen molar-refractivity contribution >= 4 is 0 Å². The minimum Gasteiger partial charge on any atom is -0.477 e. The SMILES string of the molecule is CCCCCCCCCCOc1cnc(-c2ccc(C(F)(F)F)cc2)cn1. The first kappa shape index (κ1) is 21.2. The topological polar surface area (TPSA) is 35.0 Å². The standard InChI is InChI=1S/C21H27F3N2O/c1-2-3-4-5-6-7-8-9-14-27-20-16-25-19(15-26-20)17-10-12-18(13-11-17)21(22,23)24/h10-13,15-16H,2-9,14H2,1H3. The number of alkyl halides is 3. The van der Waals surface area contributed by atoms with Gasteiger partial charge in [0.05, 0.1) is 30.3 Å². The number of benzene rings is 1. The van der Waals surface area contributed by atoms with Gasteiger partial charge in [0.1, 0.15) is 0 Å². The van der Waals surface area contributed by atoms with Crippen LogP contribution in [0.2, 0.25) is 0 Å². The summed E-state index contributed by atoms with van der Waals surface area (Å²) < 4.78 is 43.4. The highest BCUT2D eigenvalue weighted by Crippen LogP contribution is 2.30. The summed E-state index contributed by atoms with van der Waals surface area (Å²) in [5.74, 6) is 0.439. The van der Waals surface area contributed by atoms with Gasteiger partial charge < -0.3 is 4.74 Å². The van der Waals surface area contributed by atoms with Crippen LogP contribution in [0.1, 0.15) is 63.9 Å². The molecular weight excluding hydrogens is 353 g/mol. The predicted molar refractivity (Wildman–Crippen MR) is 101 cm³/mol. The van der Waals surface area contributed by atoms with Crippen LogP contribution >= 0.6 is 0 Å². The number of halogens is 3. The Balaban J connectivity index is 1.71. The summed E-state index contributed by atoms with van der Waals surface area (Å²) in [6, 6.07) is 4.88. The van der Waals surface area contributed by atoms with E-state index in [0.717, 1.165) is 25.0 Å². The molecule has 1 heterocycles. The third-order valence-corrected chi connectivity index (χ3v) is 4.38. The molecule has 0 spiro atoms. The van der Waals surface area contributed by atoms with Crippen LogP contribution < -0.4 is 4.74 Å². The second-order valence-electron chi connectivity index (χ2n) is 6.64. The van der Waals surface area contributed by atoms with E-state index in [-0.39, 0.29) is 0 Å². The molecule has 0 atom stereocenters. The third-order valence-electron chi connectivity index (χ3n) is 4.38. The molecule has 2 rings (SSSR count). The van der Waals surface area contributed by atoms with Gasteiger partial charge in [-0.25, -0.2) is 9.97 Å². The molecule has 6 heteroatoms. The van der Waals surface area contributed by atoms with Gasteiger partial charge in [0.25, 0.3) is 0 Å². The van der Waals surface area contributed by atoms with Crippen molar-refractivity contribution in [3.63, 3.8) is 0 Å². The fourth-order valence-corrected chi connectivity index (χ4v) is 2.78. The fraction of sp³-hybridized carbons (Fsp3) is 0.524. The van der Waals surface area contributed by atoms with Gasteiger partial charge in [0.15, 0.2) is 0 Å². The van der Waals surface area contributed by atoms with Gasteiger partial charge in [-0.15, -0.1) is 0 Å². The van der Waals surface area contributed by atoms with Crippen molar-refractivity contribution in [1.29, 1.82) is 0 Å². The van der Waals surface area contributed by atoms with E-state index in [0.29, 0.717) is 23.7 Å². The van der Waals surface area contributed by atoms with Gasteiger partial charge in [0.2, 0.25) is 5.88 Å². The summed E-state index contributed by atoms with van der Waals surface area (Å²) in [4.78, 5) is 8.42. The molecule has 0 unspecified atom stereocenters. The quantitative estimate of drug-likeness (QED) is 0.408. The smallest absolute Gasteiger partial charge is 0.416 e. The zero-order valence-corrected chi connectivity index (χ0v) is 15.8. The van der Waals surface area contributed by atoms with Crippen molar-refractivity contribution in [2.24, 2.45) is 0 Å². The molecule has 148 valence electrons. The number of aromatic nitrogens is 2. The van der Waals surface area contributed by atoms with Crippen LogP contribution in [-0.4, -0.2) is 16.6 Å². The second-order valence-corrected chi connectivity index (χ2v) is 6.64. The van der Waals surface area contributed by atoms with E-state index in [9.17, 15) is 13.2 Å². The Morgan fingerprint density at radius 1 is 0.815 bits per heavy atom.